The van der Waals surface area contributed by atoms with Crippen LogP contribution in [0.2, 0.25) is 0 Å². The van der Waals surface area contributed by atoms with E-state index in [1.54, 1.807) is 0 Å². The van der Waals surface area contributed by atoms with Gasteiger partial charge in [-0.15, -0.1) is 0 Å². The van der Waals surface area contributed by atoms with Crippen LogP contribution in [-0.2, 0) is 25.5 Å². The van der Waals surface area contributed by atoms with Gasteiger partial charge in [-0.1, -0.05) is 35.5 Å². The van der Waals surface area contributed by atoms with E-state index in [0.717, 1.165) is 43.6 Å². The molecule has 0 radical (unpaired) electrons. The third-order valence-electron chi connectivity index (χ3n) is 7.20. The van der Waals surface area contributed by atoms with Gasteiger partial charge in [0.05, 0.1) is 19.2 Å². The van der Waals surface area contributed by atoms with Crippen molar-refractivity contribution >= 4 is 11.9 Å². The molecule has 35 heavy (non-hydrogen) atoms. The van der Waals surface area contributed by atoms with E-state index < -0.39 is 5.60 Å². The van der Waals surface area contributed by atoms with Crippen LogP contribution in [0.4, 0.5) is 0 Å². The molecular weight excluding hydrogens is 442 g/mol. The molecule has 2 aliphatic rings. The highest BCUT2D eigenvalue weighted by Crippen LogP contribution is 2.52. The Morgan fingerprint density at radius 3 is 2.43 bits per heavy atom. The van der Waals surface area contributed by atoms with Crippen molar-refractivity contribution in [3.63, 3.8) is 0 Å². The van der Waals surface area contributed by atoms with Crippen molar-refractivity contribution in [2.24, 2.45) is 5.92 Å². The minimum absolute atomic E-state index is 0.185. The predicted octanol–water partition coefficient (Wildman–Crippen LogP) is 6.45. The van der Waals surface area contributed by atoms with Crippen LogP contribution in [-0.4, -0.2) is 29.8 Å². The van der Waals surface area contributed by atoms with Gasteiger partial charge in [0.1, 0.15) is 11.4 Å². The molecule has 0 amide bonds. The Labute approximate surface area is 208 Å². The minimum atomic E-state index is -0.557. The average Bonchev–Trinajstić information content (AvgIpc) is 3.53. The summed E-state index contributed by atoms with van der Waals surface area (Å²) in [5.74, 6) is 1.80. The number of aryl methyl sites for hydroxylation is 1. The first-order chi connectivity index (χ1) is 16.7. The Kier molecular flexibility index (Phi) is 7.98. The number of benzene rings is 1. The molecule has 6 heteroatoms. The van der Waals surface area contributed by atoms with Crippen molar-refractivity contribution in [3.05, 3.63) is 52.9 Å². The Bertz CT molecular complexity index is 996. The summed E-state index contributed by atoms with van der Waals surface area (Å²) in [6.45, 7) is 5.59. The molecule has 0 aliphatic heterocycles. The number of rotatable bonds is 11. The van der Waals surface area contributed by atoms with E-state index >= 15 is 0 Å². The number of esters is 2. The molecule has 1 aromatic carbocycles. The first-order valence-corrected chi connectivity index (χ1v) is 13.1. The van der Waals surface area contributed by atoms with Crippen LogP contribution in [0.1, 0.15) is 112 Å². The molecule has 0 unspecified atom stereocenters. The predicted molar refractivity (Wildman–Crippen MR) is 133 cm³/mol. The smallest absolute Gasteiger partial charge is 0.306 e. The number of carbonyl (C=O) groups is 2. The summed E-state index contributed by atoms with van der Waals surface area (Å²) in [5.41, 5.74) is 2.89. The summed E-state index contributed by atoms with van der Waals surface area (Å²) in [6, 6.07) is 10.7. The SMILES string of the molecule is COC(=O)CC[C@@H](CC(=O)OC(C)(C)C)c1noc([C@H]2C[C@@H](CCc3ccccc3)C2)c1C1CC1. The van der Waals surface area contributed by atoms with Crippen molar-refractivity contribution in [1.29, 1.82) is 0 Å². The molecule has 2 fully saturated rings. The number of nitrogens with zero attached hydrogens (tertiary/aromatic N) is 1. The molecule has 4 rings (SSSR count). The second-order valence-corrected chi connectivity index (χ2v) is 11.3. The third-order valence-corrected chi connectivity index (χ3v) is 7.20. The Hall–Kier alpha value is -2.63. The largest absolute Gasteiger partial charge is 0.469 e. The van der Waals surface area contributed by atoms with E-state index in [1.807, 2.05) is 20.8 Å². The standard InChI is InChI=1S/C29H39NO5/c1-29(2,3)34-25(32)18-22(14-15-24(31)33-4)27-26(21-12-13-21)28(35-30-27)23-16-20(17-23)11-10-19-8-6-5-7-9-19/h5-9,20-23H,10-18H2,1-4H3/t20-,22-,23+/m0/s1. The first-order valence-electron chi connectivity index (χ1n) is 13.1. The van der Waals surface area contributed by atoms with E-state index in [1.165, 1.54) is 24.7 Å². The highest BCUT2D eigenvalue weighted by Gasteiger charge is 2.41. The van der Waals surface area contributed by atoms with Gasteiger partial charge in [0.15, 0.2) is 0 Å². The van der Waals surface area contributed by atoms with E-state index in [-0.39, 0.29) is 30.7 Å². The van der Waals surface area contributed by atoms with Crippen molar-refractivity contribution < 1.29 is 23.6 Å². The topological polar surface area (TPSA) is 78.6 Å². The average molecular weight is 482 g/mol. The Morgan fingerprint density at radius 2 is 1.80 bits per heavy atom. The van der Waals surface area contributed by atoms with Gasteiger partial charge in [-0.3, -0.25) is 9.59 Å². The third kappa shape index (κ3) is 6.96. The number of aromatic nitrogens is 1. The zero-order valence-electron chi connectivity index (χ0n) is 21.5. The molecule has 2 saturated carbocycles. The van der Waals surface area contributed by atoms with Gasteiger partial charge < -0.3 is 14.0 Å². The monoisotopic (exact) mass is 481 g/mol. The summed E-state index contributed by atoms with van der Waals surface area (Å²) >= 11 is 0. The number of ether oxygens (including phenoxy) is 2. The van der Waals surface area contributed by atoms with Gasteiger partial charge in [-0.25, -0.2) is 0 Å². The van der Waals surface area contributed by atoms with Crippen molar-refractivity contribution in [3.8, 4) is 0 Å². The molecule has 0 spiro atoms. The van der Waals surface area contributed by atoms with Crippen molar-refractivity contribution in [1.82, 2.24) is 5.16 Å². The van der Waals surface area contributed by atoms with E-state index in [9.17, 15) is 9.59 Å². The summed E-state index contributed by atoms with van der Waals surface area (Å²) in [4.78, 5) is 24.6. The lowest BCUT2D eigenvalue weighted by Crippen LogP contribution is -2.25. The van der Waals surface area contributed by atoms with Crippen LogP contribution in [0.3, 0.4) is 0 Å². The molecule has 1 heterocycles. The van der Waals surface area contributed by atoms with Gasteiger partial charge in [0.2, 0.25) is 0 Å². The van der Waals surface area contributed by atoms with Crippen molar-refractivity contribution in [2.45, 2.75) is 102 Å². The fourth-order valence-corrected chi connectivity index (χ4v) is 5.21. The molecule has 2 aliphatic carbocycles. The summed E-state index contributed by atoms with van der Waals surface area (Å²) in [5, 5.41) is 4.52. The molecule has 2 aromatic rings. The van der Waals surface area contributed by atoms with Gasteiger partial charge in [-0.2, -0.15) is 0 Å². The van der Waals surface area contributed by atoms with Crippen LogP contribution in [0, 0.1) is 5.92 Å². The molecule has 0 bridgehead atoms. The summed E-state index contributed by atoms with van der Waals surface area (Å²) in [6.07, 6.45) is 7.72. The van der Waals surface area contributed by atoms with E-state index in [0.29, 0.717) is 24.2 Å². The minimum Gasteiger partial charge on any atom is -0.469 e. The zero-order valence-corrected chi connectivity index (χ0v) is 21.5. The van der Waals surface area contributed by atoms with Gasteiger partial charge in [0, 0.05) is 23.8 Å². The lowest BCUT2D eigenvalue weighted by molar-refractivity contribution is -0.155. The second kappa shape index (κ2) is 11.0. The maximum absolute atomic E-state index is 12.7. The van der Waals surface area contributed by atoms with Crippen LogP contribution >= 0.6 is 0 Å². The number of carbonyl (C=O) groups excluding carboxylic acids is 2. The molecule has 0 N–H and O–H groups in total. The van der Waals surface area contributed by atoms with E-state index in [4.69, 9.17) is 14.0 Å². The molecule has 6 nitrogen and oxygen atoms in total. The maximum Gasteiger partial charge on any atom is 0.306 e. The number of hydrogen-bond donors (Lipinski definition) is 0. The number of hydrogen-bond acceptors (Lipinski definition) is 6. The second-order valence-electron chi connectivity index (χ2n) is 11.3. The van der Waals surface area contributed by atoms with Crippen molar-refractivity contribution in [2.75, 3.05) is 7.11 Å². The summed E-state index contributed by atoms with van der Waals surface area (Å²) < 4.78 is 16.4. The molecule has 1 atom stereocenters. The van der Waals surface area contributed by atoms with Crippen LogP contribution in [0.5, 0.6) is 0 Å². The fraction of sp³-hybridized carbons (Fsp3) is 0.621. The van der Waals surface area contributed by atoms with E-state index in [2.05, 4.69) is 35.5 Å². The molecule has 0 saturated heterocycles. The zero-order chi connectivity index (χ0) is 25.0. The Balaban J connectivity index is 1.45. The van der Waals surface area contributed by atoms with Gasteiger partial charge >= 0.3 is 11.9 Å². The van der Waals surface area contributed by atoms with Crippen LogP contribution < -0.4 is 0 Å². The lowest BCUT2D eigenvalue weighted by Gasteiger charge is -2.34. The normalized spacial score (nSPS) is 20.7. The van der Waals surface area contributed by atoms with Crippen LogP contribution in [0.25, 0.3) is 0 Å². The molecule has 190 valence electrons. The quantitative estimate of drug-likeness (QED) is 0.343. The molecule has 1 aromatic heterocycles. The van der Waals surface area contributed by atoms with Crippen LogP contribution in [0.15, 0.2) is 34.9 Å². The Morgan fingerprint density at radius 1 is 1.09 bits per heavy atom. The summed E-state index contributed by atoms with van der Waals surface area (Å²) in [7, 11) is 1.39. The maximum atomic E-state index is 12.7. The lowest BCUT2D eigenvalue weighted by atomic mass is 9.70. The fourth-order valence-electron chi connectivity index (χ4n) is 5.21. The first kappa shape index (κ1) is 25.5. The highest BCUT2D eigenvalue weighted by atomic mass is 16.6. The highest BCUT2D eigenvalue weighted by molar-refractivity contribution is 5.72. The number of methoxy groups -OCH3 is 1. The van der Waals surface area contributed by atoms with Gasteiger partial charge in [-0.05, 0) is 83.1 Å². The molecular formula is C29H39NO5. The van der Waals surface area contributed by atoms with Gasteiger partial charge in [0.25, 0.3) is 0 Å².